The maximum Gasteiger partial charge on any atom is 0.309 e. The Labute approximate surface area is 111 Å². The Morgan fingerprint density at radius 1 is 1.37 bits per heavy atom. The molecule has 0 radical (unpaired) electrons. The molecule has 0 fully saturated rings. The highest BCUT2D eigenvalue weighted by Crippen LogP contribution is 2.38. The number of carboxylic acids is 1. The van der Waals surface area contributed by atoms with Gasteiger partial charge in [-0.15, -0.1) is 0 Å². The summed E-state index contributed by atoms with van der Waals surface area (Å²) in [5.41, 5.74) is 0.210. The fourth-order valence-electron chi connectivity index (χ4n) is 2.05. The van der Waals surface area contributed by atoms with Gasteiger partial charge in [-0.1, -0.05) is 0 Å². The van der Waals surface area contributed by atoms with Gasteiger partial charge in [0.1, 0.15) is 19.9 Å². The Morgan fingerprint density at radius 2 is 2.05 bits per heavy atom. The number of aliphatic carboxylic acids is 1. The average molecular weight is 268 g/mol. The smallest absolute Gasteiger partial charge is 0.309 e. The van der Waals surface area contributed by atoms with E-state index in [-0.39, 0.29) is 6.42 Å². The van der Waals surface area contributed by atoms with Gasteiger partial charge in [0.15, 0.2) is 11.5 Å². The molecular weight excluding hydrogens is 251 g/mol. The molecule has 1 aliphatic heterocycles. The van der Waals surface area contributed by atoms with Crippen LogP contribution < -0.4 is 9.47 Å². The molecule has 19 heavy (non-hydrogen) atoms. The lowest BCUT2D eigenvalue weighted by molar-refractivity contribution is -0.146. The Morgan fingerprint density at radius 3 is 2.68 bits per heavy atom. The molecule has 0 saturated carbocycles. The third-order valence-electron chi connectivity index (χ3n) is 3.14. The first-order chi connectivity index (χ1) is 8.94. The topological polar surface area (TPSA) is 55.8 Å². The lowest BCUT2D eigenvalue weighted by Crippen LogP contribution is -2.27. The van der Waals surface area contributed by atoms with Crippen LogP contribution in [0.1, 0.15) is 25.0 Å². The number of carboxylic acid groups (broad SMARTS) is 1. The number of carbonyl (C=O) groups is 1. The quantitative estimate of drug-likeness (QED) is 0.911. The number of fused-ring (bicyclic) bond motifs is 1. The standard InChI is InChI=1S/C14H17FO4/c1-14(2,13(16)17)7-10-5-9(8-15)6-11-12(10)19-4-3-18-11/h5-6H,3-4,7-8H2,1-2H3,(H,16,17). The molecule has 1 heterocycles. The second-order valence-corrected chi connectivity index (χ2v) is 5.28. The van der Waals surface area contributed by atoms with Crippen molar-refractivity contribution in [1.29, 1.82) is 0 Å². The van der Waals surface area contributed by atoms with Crippen molar-refractivity contribution >= 4 is 5.97 Å². The Kier molecular flexibility index (Phi) is 3.64. The maximum absolute atomic E-state index is 12.9. The van der Waals surface area contributed by atoms with E-state index in [1.54, 1.807) is 26.0 Å². The van der Waals surface area contributed by atoms with Crippen LogP contribution in [-0.2, 0) is 17.9 Å². The van der Waals surface area contributed by atoms with Gasteiger partial charge in [-0.2, -0.15) is 0 Å². The van der Waals surface area contributed by atoms with Gasteiger partial charge in [0.25, 0.3) is 0 Å². The fourth-order valence-corrected chi connectivity index (χ4v) is 2.05. The van der Waals surface area contributed by atoms with Gasteiger partial charge >= 0.3 is 5.97 Å². The third-order valence-corrected chi connectivity index (χ3v) is 3.14. The van der Waals surface area contributed by atoms with Crippen LogP contribution in [0.2, 0.25) is 0 Å². The zero-order valence-corrected chi connectivity index (χ0v) is 11.0. The Balaban J connectivity index is 2.41. The molecule has 104 valence electrons. The molecule has 0 unspecified atom stereocenters. The molecule has 0 atom stereocenters. The number of hydrogen-bond donors (Lipinski definition) is 1. The predicted octanol–water partition coefficient (Wildman–Crippen LogP) is 2.58. The van der Waals surface area contributed by atoms with Crippen LogP contribution >= 0.6 is 0 Å². The van der Waals surface area contributed by atoms with E-state index in [9.17, 15) is 14.3 Å². The monoisotopic (exact) mass is 268 g/mol. The van der Waals surface area contributed by atoms with Gasteiger partial charge in [-0.25, -0.2) is 4.39 Å². The summed E-state index contributed by atoms with van der Waals surface area (Å²) in [5.74, 6) is 0.138. The molecule has 2 rings (SSSR count). The molecule has 1 aromatic carbocycles. The lowest BCUT2D eigenvalue weighted by Gasteiger charge is -2.25. The van der Waals surface area contributed by atoms with Gasteiger partial charge in [0, 0.05) is 0 Å². The molecular formula is C14H17FO4. The highest BCUT2D eigenvalue weighted by molar-refractivity contribution is 5.74. The molecule has 0 spiro atoms. The minimum Gasteiger partial charge on any atom is -0.486 e. The normalized spacial score (nSPS) is 14.3. The first kappa shape index (κ1) is 13.6. The van der Waals surface area contributed by atoms with E-state index >= 15 is 0 Å². The predicted molar refractivity (Wildman–Crippen MR) is 67.4 cm³/mol. The van der Waals surface area contributed by atoms with Crippen LogP contribution in [0.15, 0.2) is 12.1 Å². The summed E-state index contributed by atoms with van der Waals surface area (Å²) in [6, 6.07) is 3.25. The molecule has 0 amide bonds. The van der Waals surface area contributed by atoms with Crippen LogP contribution in [0.3, 0.4) is 0 Å². The fraction of sp³-hybridized carbons (Fsp3) is 0.500. The van der Waals surface area contributed by atoms with Crippen molar-refractivity contribution in [3.8, 4) is 11.5 Å². The van der Waals surface area contributed by atoms with E-state index in [2.05, 4.69) is 0 Å². The Hall–Kier alpha value is -1.78. The second-order valence-electron chi connectivity index (χ2n) is 5.28. The van der Waals surface area contributed by atoms with E-state index in [1.807, 2.05) is 0 Å². The molecule has 1 N–H and O–H groups in total. The summed E-state index contributed by atoms with van der Waals surface area (Å²) in [6.45, 7) is 3.49. The van der Waals surface area contributed by atoms with Crippen molar-refractivity contribution in [3.05, 3.63) is 23.3 Å². The maximum atomic E-state index is 12.9. The molecule has 0 aliphatic carbocycles. The van der Waals surface area contributed by atoms with Crippen molar-refractivity contribution in [2.45, 2.75) is 26.9 Å². The number of benzene rings is 1. The number of alkyl halides is 1. The molecule has 1 aliphatic rings. The van der Waals surface area contributed by atoms with Gasteiger partial charge in [0.05, 0.1) is 5.41 Å². The summed E-state index contributed by atoms with van der Waals surface area (Å²) >= 11 is 0. The van der Waals surface area contributed by atoms with E-state index in [4.69, 9.17) is 9.47 Å². The van der Waals surface area contributed by atoms with E-state index in [0.29, 0.717) is 35.8 Å². The molecule has 0 aromatic heterocycles. The molecule has 5 heteroatoms. The first-order valence-electron chi connectivity index (χ1n) is 6.15. The van der Waals surface area contributed by atoms with E-state index in [0.717, 1.165) is 0 Å². The average Bonchev–Trinajstić information content (AvgIpc) is 2.38. The molecule has 1 aromatic rings. The second kappa shape index (κ2) is 5.07. The lowest BCUT2D eigenvalue weighted by atomic mass is 9.85. The van der Waals surface area contributed by atoms with Crippen molar-refractivity contribution in [2.75, 3.05) is 13.2 Å². The van der Waals surface area contributed by atoms with Crippen LogP contribution in [0, 0.1) is 5.41 Å². The summed E-state index contributed by atoms with van der Waals surface area (Å²) in [7, 11) is 0. The number of ether oxygens (including phenoxy) is 2. The van der Waals surface area contributed by atoms with Gasteiger partial charge in [0.2, 0.25) is 0 Å². The molecule has 4 nitrogen and oxygen atoms in total. The van der Waals surface area contributed by atoms with Gasteiger partial charge in [-0.05, 0) is 43.5 Å². The van der Waals surface area contributed by atoms with E-state index < -0.39 is 18.1 Å². The van der Waals surface area contributed by atoms with E-state index in [1.165, 1.54) is 0 Å². The Bertz CT molecular complexity index is 496. The zero-order valence-electron chi connectivity index (χ0n) is 11.0. The van der Waals surface area contributed by atoms with Crippen LogP contribution in [-0.4, -0.2) is 24.3 Å². The first-order valence-corrected chi connectivity index (χ1v) is 6.15. The summed E-state index contributed by atoms with van der Waals surface area (Å²) < 4.78 is 23.8. The van der Waals surface area contributed by atoms with Crippen molar-refractivity contribution in [3.63, 3.8) is 0 Å². The number of rotatable bonds is 4. The highest BCUT2D eigenvalue weighted by atomic mass is 19.1. The third kappa shape index (κ3) is 2.80. The largest absolute Gasteiger partial charge is 0.486 e. The number of hydrogen-bond acceptors (Lipinski definition) is 3. The summed E-state index contributed by atoms with van der Waals surface area (Å²) in [6.07, 6.45) is 0.266. The van der Waals surface area contributed by atoms with Gasteiger partial charge < -0.3 is 14.6 Å². The van der Waals surface area contributed by atoms with Crippen molar-refractivity contribution < 1.29 is 23.8 Å². The van der Waals surface area contributed by atoms with Crippen LogP contribution in [0.4, 0.5) is 4.39 Å². The molecule has 0 saturated heterocycles. The summed E-state index contributed by atoms with van der Waals surface area (Å²) in [5, 5.41) is 9.19. The summed E-state index contributed by atoms with van der Waals surface area (Å²) in [4.78, 5) is 11.2. The van der Waals surface area contributed by atoms with Gasteiger partial charge in [-0.3, -0.25) is 4.79 Å². The minimum absolute atomic E-state index is 0.266. The highest BCUT2D eigenvalue weighted by Gasteiger charge is 2.30. The molecule has 0 bridgehead atoms. The van der Waals surface area contributed by atoms with Crippen molar-refractivity contribution in [2.24, 2.45) is 5.41 Å². The zero-order chi connectivity index (χ0) is 14.0. The van der Waals surface area contributed by atoms with Crippen molar-refractivity contribution in [1.82, 2.24) is 0 Å². The van der Waals surface area contributed by atoms with Crippen LogP contribution in [0.25, 0.3) is 0 Å². The minimum atomic E-state index is -0.941. The van der Waals surface area contributed by atoms with Crippen LogP contribution in [0.5, 0.6) is 11.5 Å². The number of halogens is 1. The SMILES string of the molecule is CC(C)(Cc1cc(CF)cc2c1OCCO2)C(=O)O.